The molecule has 0 atom stereocenters. The van der Waals surface area contributed by atoms with E-state index in [1.165, 1.54) is 16.9 Å². The zero-order valence-corrected chi connectivity index (χ0v) is 17.2. The van der Waals surface area contributed by atoms with Crippen LogP contribution in [0.3, 0.4) is 0 Å². The number of carbonyl (C=O) groups excluding carboxylic acids is 2. The summed E-state index contributed by atoms with van der Waals surface area (Å²) in [6.45, 7) is 2.57. The van der Waals surface area contributed by atoms with Crippen molar-refractivity contribution >= 4 is 46.0 Å². The van der Waals surface area contributed by atoms with Crippen LogP contribution < -0.4 is 5.32 Å². The fourth-order valence-electron chi connectivity index (χ4n) is 2.48. The van der Waals surface area contributed by atoms with Crippen LogP contribution in [-0.4, -0.2) is 23.2 Å². The Bertz CT molecular complexity index is 932. The van der Waals surface area contributed by atoms with Gasteiger partial charge in [-0.3, -0.25) is 9.59 Å². The lowest BCUT2D eigenvalue weighted by molar-refractivity contribution is -0.121. The minimum atomic E-state index is -0.125. The first-order valence-electron chi connectivity index (χ1n) is 8.58. The van der Waals surface area contributed by atoms with Gasteiger partial charge in [0.05, 0.1) is 14.9 Å². The Hall–Kier alpha value is -2.02. The molecule has 0 saturated carbocycles. The molecule has 1 N–H and O–H groups in total. The summed E-state index contributed by atoms with van der Waals surface area (Å²) in [4.78, 5) is 29.1. The Kier molecular flexibility index (Phi) is 6.77. The molecule has 4 nitrogen and oxygen atoms in total. The molecule has 0 bridgehead atoms. The van der Waals surface area contributed by atoms with E-state index >= 15 is 0 Å². The maximum Gasteiger partial charge on any atom is 0.220 e. The molecule has 0 fully saturated rings. The number of thiophene rings is 1. The molecule has 140 valence electrons. The molecule has 7 heteroatoms. The molecule has 0 saturated heterocycles. The number of halogens is 1. The van der Waals surface area contributed by atoms with E-state index in [-0.39, 0.29) is 24.5 Å². The van der Waals surface area contributed by atoms with Crippen LogP contribution in [0.2, 0.25) is 4.34 Å². The summed E-state index contributed by atoms with van der Waals surface area (Å²) in [5.41, 5.74) is 3.28. The van der Waals surface area contributed by atoms with Crippen molar-refractivity contribution < 1.29 is 9.59 Å². The van der Waals surface area contributed by atoms with Gasteiger partial charge < -0.3 is 5.32 Å². The SMILES string of the molecule is Cc1ccc(-c2nc(CCNC(=O)CCC(=O)c3ccc(Cl)s3)cs2)cc1. The molecule has 27 heavy (non-hydrogen) atoms. The van der Waals surface area contributed by atoms with Crippen molar-refractivity contribution in [2.24, 2.45) is 0 Å². The number of nitrogens with zero attached hydrogens (tertiary/aromatic N) is 1. The Balaban J connectivity index is 1.41. The van der Waals surface area contributed by atoms with Crippen molar-refractivity contribution in [1.29, 1.82) is 0 Å². The van der Waals surface area contributed by atoms with E-state index in [0.29, 0.717) is 22.2 Å². The minimum Gasteiger partial charge on any atom is -0.356 e. The number of hydrogen-bond donors (Lipinski definition) is 1. The van der Waals surface area contributed by atoms with Crippen LogP contribution in [0.4, 0.5) is 0 Å². The van der Waals surface area contributed by atoms with Crippen LogP contribution in [0.25, 0.3) is 10.6 Å². The summed E-state index contributed by atoms with van der Waals surface area (Å²) in [5.74, 6) is -0.177. The summed E-state index contributed by atoms with van der Waals surface area (Å²) in [6.07, 6.45) is 1.04. The van der Waals surface area contributed by atoms with Gasteiger partial charge in [0.2, 0.25) is 5.91 Å². The number of hydrogen-bond acceptors (Lipinski definition) is 5. The first kappa shape index (κ1) is 19.7. The number of aryl methyl sites for hydroxylation is 1. The summed E-state index contributed by atoms with van der Waals surface area (Å²) >= 11 is 8.67. The van der Waals surface area contributed by atoms with Gasteiger partial charge in [-0.15, -0.1) is 22.7 Å². The minimum absolute atomic E-state index is 0.0516. The average Bonchev–Trinajstić information content (AvgIpc) is 3.30. The molecule has 0 spiro atoms. The molecular weight excluding hydrogens is 400 g/mol. The van der Waals surface area contributed by atoms with Crippen molar-refractivity contribution in [3.05, 3.63) is 62.2 Å². The third-order valence-electron chi connectivity index (χ3n) is 3.98. The molecule has 2 aromatic heterocycles. The van der Waals surface area contributed by atoms with E-state index in [1.807, 2.05) is 5.38 Å². The van der Waals surface area contributed by atoms with Crippen LogP contribution in [-0.2, 0) is 11.2 Å². The fraction of sp³-hybridized carbons (Fsp3) is 0.250. The third-order valence-corrected chi connectivity index (χ3v) is 6.19. The number of rotatable bonds is 8. The molecule has 1 amide bonds. The van der Waals surface area contributed by atoms with Crippen LogP contribution in [0.1, 0.15) is 33.8 Å². The van der Waals surface area contributed by atoms with Gasteiger partial charge in [-0.25, -0.2) is 4.98 Å². The summed E-state index contributed by atoms with van der Waals surface area (Å²) in [5, 5.41) is 5.85. The molecule has 3 rings (SSSR count). The first-order chi connectivity index (χ1) is 13.0. The predicted molar refractivity (Wildman–Crippen MR) is 112 cm³/mol. The van der Waals surface area contributed by atoms with Crippen molar-refractivity contribution in [3.8, 4) is 10.6 Å². The zero-order valence-electron chi connectivity index (χ0n) is 14.8. The topological polar surface area (TPSA) is 59.1 Å². The number of thiazole rings is 1. The predicted octanol–water partition coefficient (Wildman–Crippen LogP) is 5.16. The second-order valence-electron chi connectivity index (χ2n) is 6.14. The average molecular weight is 419 g/mol. The summed E-state index contributed by atoms with van der Waals surface area (Å²) < 4.78 is 0.580. The number of nitrogens with one attached hydrogen (secondary N) is 1. The van der Waals surface area contributed by atoms with E-state index in [1.54, 1.807) is 23.5 Å². The van der Waals surface area contributed by atoms with E-state index < -0.39 is 0 Å². The van der Waals surface area contributed by atoms with E-state index in [0.717, 1.165) is 16.3 Å². The standard InChI is InChI=1S/C20H19ClN2O2S2/c1-13-2-4-14(5-3-13)20-23-15(12-26-20)10-11-22-19(25)9-6-16(24)17-7-8-18(21)27-17/h2-5,7-8,12H,6,9-11H2,1H3,(H,22,25). The molecule has 2 heterocycles. The van der Waals surface area contributed by atoms with Crippen molar-refractivity contribution in [3.63, 3.8) is 0 Å². The number of Topliss-reactive ketones (excluding diaryl/α,β-unsaturated/α-hetero) is 1. The van der Waals surface area contributed by atoms with Crippen LogP contribution in [0.5, 0.6) is 0 Å². The lowest BCUT2D eigenvalue weighted by Gasteiger charge is -2.03. The van der Waals surface area contributed by atoms with E-state index in [9.17, 15) is 9.59 Å². The molecule has 1 aromatic carbocycles. The van der Waals surface area contributed by atoms with Gasteiger partial charge in [-0.1, -0.05) is 41.4 Å². The maximum atomic E-state index is 12.0. The molecule has 0 radical (unpaired) electrons. The molecule has 0 aliphatic carbocycles. The lowest BCUT2D eigenvalue weighted by atomic mass is 10.2. The van der Waals surface area contributed by atoms with Gasteiger partial charge in [-0.2, -0.15) is 0 Å². The second kappa shape index (κ2) is 9.26. The van der Waals surface area contributed by atoms with Gasteiger partial charge in [0, 0.05) is 36.8 Å². The highest BCUT2D eigenvalue weighted by molar-refractivity contribution is 7.18. The molecular formula is C20H19ClN2O2S2. The molecule has 0 unspecified atom stereocenters. The van der Waals surface area contributed by atoms with Gasteiger partial charge >= 0.3 is 0 Å². The first-order valence-corrected chi connectivity index (χ1v) is 10.7. The second-order valence-corrected chi connectivity index (χ2v) is 8.71. The lowest BCUT2D eigenvalue weighted by Crippen LogP contribution is -2.26. The number of carbonyl (C=O) groups is 2. The molecule has 3 aromatic rings. The Morgan fingerprint density at radius 1 is 1.11 bits per heavy atom. The van der Waals surface area contributed by atoms with E-state index in [4.69, 9.17) is 11.6 Å². The highest BCUT2D eigenvalue weighted by Gasteiger charge is 2.11. The van der Waals surface area contributed by atoms with Crippen LogP contribution in [0, 0.1) is 6.92 Å². The van der Waals surface area contributed by atoms with Gasteiger partial charge in [0.15, 0.2) is 5.78 Å². The zero-order chi connectivity index (χ0) is 19.2. The van der Waals surface area contributed by atoms with Gasteiger partial charge in [0.1, 0.15) is 5.01 Å². The Labute approximate surface area is 171 Å². The highest BCUT2D eigenvalue weighted by Crippen LogP contribution is 2.24. The van der Waals surface area contributed by atoms with Gasteiger partial charge in [0.25, 0.3) is 0 Å². The quantitative estimate of drug-likeness (QED) is 0.514. The highest BCUT2D eigenvalue weighted by atomic mass is 35.5. The van der Waals surface area contributed by atoms with Crippen LogP contribution >= 0.6 is 34.3 Å². The van der Waals surface area contributed by atoms with Crippen molar-refractivity contribution in [1.82, 2.24) is 10.3 Å². The van der Waals surface area contributed by atoms with Crippen molar-refractivity contribution in [2.45, 2.75) is 26.2 Å². The summed E-state index contributed by atoms with van der Waals surface area (Å²) in [7, 11) is 0. The van der Waals surface area contributed by atoms with Gasteiger partial charge in [-0.05, 0) is 19.1 Å². The number of aromatic nitrogens is 1. The van der Waals surface area contributed by atoms with Crippen LogP contribution in [0.15, 0.2) is 41.8 Å². The molecule has 0 aliphatic heterocycles. The number of ketones is 1. The fourth-order valence-corrected chi connectivity index (χ4v) is 4.35. The number of amides is 1. The summed E-state index contributed by atoms with van der Waals surface area (Å²) in [6, 6.07) is 11.7. The Morgan fingerprint density at radius 2 is 1.89 bits per heavy atom. The maximum absolute atomic E-state index is 12.0. The Morgan fingerprint density at radius 3 is 2.59 bits per heavy atom. The van der Waals surface area contributed by atoms with E-state index in [2.05, 4.69) is 41.5 Å². The largest absolute Gasteiger partial charge is 0.356 e. The third kappa shape index (κ3) is 5.73. The monoisotopic (exact) mass is 418 g/mol. The smallest absolute Gasteiger partial charge is 0.220 e. The number of benzene rings is 1. The van der Waals surface area contributed by atoms with Crippen molar-refractivity contribution in [2.75, 3.05) is 6.54 Å². The molecule has 0 aliphatic rings. The normalized spacial score (nSPS) is 10.7.